The van der Waals surface area contributed by atoms with Gasteiger partial charge in [-0.25, -0.2) is 5.43 Å². The maximum Gasteiger partial charge on any atom is 0.280 e. The molecule has 6 heteroatoms. The van der Waals surface area contributed by atoms with Gasteiger partial charge in [0.2, 0.25) is 0 Å². The predicted molar refractivity (Wildman–Crippen MR) is 110 cm³/mol. The first-order chi connectivity index (χ1) is 13.1. The molecule has 3 rings (SSSR count). The Labute approximate surface area is 166 Å². The molecule has 1 amide bonds. The van der Waals surface area contributed by atoms with Crippen LogP contribution in [-0.4, -0.2) is 25.3 Å². The van der Waals surface area contributed by atoms with Gasteiger partial charge in [-0.15, -0.1) is 0 Å². The van der Waals surface area contributed by atoms with Crippen LogP contribution in [0.5, 0.6) is 11.5 Å². The zero-order chi connectivity index (χ0) is 19.2. The summed E-state index contributed by atoms with van der Waals surface area (Å²) in [5, 5.41) is 6.03. The number of carbonyl (C=O) groups excluding carboxylic acids is 1. The molecular weight excluding hydrogens is 408 g/mol. The number of hydrogen-bond donors (Lipinski definition) is 1. The Morgan fingerprint density at radius 2 is 1.93 bits per heavy atom. The minimum absolute atomic E-state index is 0.335. The maximum absolute atomic E-state index is 12.3. The van der Waals surface area contributed by atoms with Crippen LogP contribution >= 0.6 is 15.9 Å². The third-order valence-electron chi connectivity index (χ3n) is 4.00. The van der Waals surface area contributed by atoms with Crippen molar-refractivity contribution in [2.75, 3.05) is 7.11 Å². The van der Waals surface area contributed by atoms with Gasteiger partial charge < -0.3 is 9.47 Å². The number of hydrogen-bond acceptors (Lipinski definition) is 4. The van der Waals surface area contributed by atoms with E-state index < -0.39 is 6.10 Å². The number of fused-ring (bicyclic) bond motifs is 1. The van der Waals surface area contributed by atoms with Crippen molar-refractivity contribution in [2.24, 2.45) is 5.10 Å². The lowest BCUT2D eigenvalue weighted by Gasteiger charge is -2.14. The number of hydrazone groups is 1. The number of nitrogens with zero attached hydrogens (tertiary/aromatic N) is 1. The number of amides is 1. The van der Waals surface area contributed by atoms with E-state index in [0.717, 1.165) is 20.8 Å². The van der Waals surface area contributed by atoms with Crippen molar-refractivity contribution in [1.29, 1.82) is 0 Å². The van der Waals surface area contributed by atoms with Crippen molar-refractivity contribution < 1.29 is 14.3 Å². The SMILES string of the molecule is COc1ccc(Br)c(/C=N\NC(=O)[C@@H](C)Oc2cccc3ccccc23)c1. The molecule has 0 aliphatic rings. The highest BCUT2D eigenvalue weighted by Crippen LogP contribution is 2.26. The molecule has 0 radical (unpaired) electrons. The van der Waals surface area contributed by atoms with Gasteiger partial charge in [-0.05, 0) is 36.6 Å². The van der Waals surface area contributed by atoms with Gasteiger partial charge in [0.1, 0.15) is 11.5 Å². The Hall–Kier alpha value is -2.86. The van der Waals surface area contributed by atoms with E-state index in [1.165, 1.54) is 0 Å². The van der Waals surface area contributed by atoms with Crippen LogP contribution < -0.4 is 14.9 Å². The van der Waals surface area contributed by atoms with Gasteiger partial charge in [0.25, 0.3) is 5.91 Å². The van der Waals surface area contributed by atoms with Gasteiger partial charge in [0.15, 0.2) is 6.10 Å². The fourth-order valence-corrected chi connectivity index (χ4v) is 2.90. The van der Waals surface area contributed by atoms with Crippen LogP contribution in [0.25, 0.3) is 10.8 Å². The van der Waals surface area contributed by atoms with Gasteiger partial charge in [-0.1, -0.05) is 52.3 Å². The number of halogens is 1. The molecule has 0 saturated carbocycles. The highest BCUT2D eigenvalue weighted by molar-refractivity contribution is 9.10. The van der Waals surface area contributed by atoms with Crippen molar-refractivity contribution in [3.05, 3.63) is 70.7 Å². The Morgan fingerprint density at radius 3 is 2.74 bits per heavy atom. The summed E-state index contributed by atoms with van der Waals surface area (Å²) in [5.74, 6) is 1.03. The average molecular weight is 427 g/mol. The van der Waals surface area contributed by atoms with Crippen LogP contribution in [-0.2, 0) is 4.79 Å². The molecule has 0 heterocycles. The molecule has 1 N–H and O–H groups in total. The molecular formula is C21H19BrN2O3. The van der Waals surface area contributed by atoms with E-state index in [9.17, 15) is 4.79 Å². The molecule has 0 saturated heterocycles. The Kier molecular flexibility index (Phi) is 6.08. The number of nitrogens with one attached hydrogen (secondary N) is 1. The lowest BCUT2D eigenvalue weighted by atomic mass is 10.1. The molecule has 0 spiro atoms. The fraction of sp³-hybridized carbons (Fsp3) is 0.143. The quantitative estimate of drug-likeness (QED) is 0.465. The smallest absolute Gasteiger partial charge is 0.280 e. The summed E-state index contributed by atoms with van der Waals surface area (Å²) in [6.07, 6.45) is 0.858. The summed E-state index contributed by atoms with van der Waals surface area (Å²) in [6, 6.07) is 19.1. The van der Waals surface area contributed by atoms with E-state index in [1.54, 1.807) is 20.2 Å². The summed E-state index contributed by atoms with van der Waals surface area (Å²) in [4.78, 5) is 12.3. The molecule has 138 valence electrons. The average Bonchev–Trinajstić information content (AvgIpc) is 2.69. The molecule has 0 unspecified atom stereocenters. The predicted octanol–water partition coefficient (Wildman–Crippen LogP) is 4.53. The molecule has 0 aromatic heterocycles. The normalized spacial score (nSPS) is 12.1. The standard InChI is InChI=1S/C21H19BrN2O3/c1-14(27-20-9-5-7-15-6-3-4-8-18(15)20)21(25)24-23-13-16-12-17(26-2)10-11-19(16)22/h3-14H,1-2H3,(H,24,25)/b23-13-/t14-/m1/s1. The Balaban J connectivity index is 1.66. The van der Waals surface area contributed by atoms with E-state index in [2.05, 4.69) is 26.5 Å². The van der Waals surface area contributed by atoms with Gasteiger partial charge in [-0.2, -0.15) is 5.10 Å². The highest BCUT2D eigenvalue weighted by atomic mass is 79.9. The van der Waals surface area contributed by atoms with Crippen molar-refractivity contribution in [2.45, 2.75) is 13.0 Å². The maximum atomic E-state index is 12.3. The number of rotatable bonds is 6. The van der Waals surface area contributed by atoms with Crippen LogP contribution in [0.15, 0.2) is 70.2 Å². The van der Waals surface area contributed by atoms with E-state index >= 15 is 0 Å². The summed E-state index contributed by atoms with van der Waals surface area (Å²) < 4.78 is 11.9. The molecule has 0 aliphatic carbocycles. The second-order valence-electron chi connectivity index (χ2n) is 5.86. The molecule has 1 atom stereocenters. The van der Waals surface area contributed by atoms with Crippen molar-refractivity contribution in [1.82, 2.24) is 5.43 Å². The molecule has 5 nitrogen and oxygen atoms in total. The van der Waals surface area contributed by atoms with Crippen molar-refractivity contribution in [3.8, 4) is 11.5 Å². The van der Waals surface area contributed by atoms with Crippen LogP contribution in [0, 0.1) is 0 Å². The first kappa shape index (κ1) is 18.9. The van der Waals surface area contributed by atoms with Crippen LogP contribution in [0.1, 0.15) is 12.5 Å². The minimum Gasteiger partial charge on any atom is -0.497 e. The van der Waals surface area contributed by atoms with E-state index in [4.69, 9.17) is 9.47 Å². The van der Waals surface area contributed by atoms with E-state index in [-0.39, 0.29) is 5.91 Å². The van der Waals surface area contributed by atoms with Crippen LogP contribution in [0.4, 0.5) is 0 Å². The van der Waals surface area contributed by atoms with E-state index in [1.807, 2.05) is 60.7 Å². The molecule has 0 aliphatic heterocycles. The van der Waals surface area contributed by atoms with Gasteiger partial charge >= 0.3 is 0 Å². The lowest BCUT2D eigenvalue weighted by Crippen LogP contribution is -2.33. The summed E-state index contributed by atoms with van der Waals surface area (Å²) in [5.41, 5.74) is 3.30. The molecule has 0 fully saturated rings. The largest absolute Gasteiger partial charge is 0.497 e. The fourth-order valence-electron chi connectivity index (χ4n) is 2.55. The minimum atomic E-state index is -0.693. The van der Waals surface area contributed by atoms with E-state index in [0.29, 0.717) is 11.5 Å². The Morgan fingerprint density at radius 1 is 1.15 bits per heavy atom. The first-order valence-electron chi connectivity index (χ1n) is 8.39. The van der Waals surface area contributed by atoms with Crippen LogP contribution in [0.2, 0.25) is 0 Å². The zero-order valence-electron chi connectivity index (χ0n) is 15.0. The Bertz CT molecular complexity index is 983. The summed E-state index contributed by atoms with van der Waals surface area (Å²) in [7, 11) is 1.60. The third-order valence-corrected chi connectivity index (χ3v) is 4.73. The lowest BCUT2D eigenvalue weighted by molar-refractivity contribution is -0.127. The second kappa shape index (κ2) is 8.68. The topological polar surface area (TPSA) is 59.9 Å². The summed E-state index contributed by atoms with van der Waals surface area (Å²) >= 11 is 3.44. The number of benzene rings is 3. The third kappa shape index (κ3) is 4.65. The monoisotopic (exact) mass is 426 g/mol. The zero-order valence-corrected chi connectivity index (χ0v) is 16.6. The second-order valence-corrected chi connectivity index (χ2v) is 6.71. The molecule has 0 bridgehead atoms. The van der Waals surface area contributed by atoms with Crippen molar-refractivity contribution >= 4 is 38.8 Å². The molecule has 27 heavy (non-hydrogen) atoms. The number of ether oxygens (including phenoxy) is 2. The highest BCUT2D eigenvalue weighted by Gasteiger charge is 2.15. The first-order valence-corrected chi connectivity index (χ1v) is 9.18. The molecule has 3 aromatic carbocycles. The van der Waals surface area contributed by atoms with Crippen LogP contribution in [0.3, 0.4) is 0 Å². The number of carbonyl (C=O) groups is 1. The summed E-state index contributed by atoms with van der Waals surface area (Å²) in [6.45, 7) is 1.69. The van der Waals surface area contributed by atoms with Gasteiger partial charge in [0, 0.05) is 15.4 Å². The number of methoxy groups -OCH3 is 1. The van der Waals surface area contributed by atoms with Gasteiger partial charge in [-0.3, -0.25) is 4.79 Å². The molecule has 3 aromatic rings. The van der Waals surface area contributed by atoms with Crippen molar-refractivity contribution in [3.63, 3.8) is 0 Å². The van der Waals surface area contributed by atoms with Gasteiger partial charge in [0.05, 0.1) is 13.3 Å².